The average Bonchev–Trinajstić information content (AvgIpc) is 2.53. The Morgan fingerprint density at radius 2 is 2.00 bits per heavy atom. The van der Waals surface area contributed by atoms with E-state index < -0.39 is 0 Å². The van der Waals surface area contributed by atoms with Crippen LogP contribution in [-0.4, -0.2) is 0 Å². The number of anilines is 1. The number of nitrogen functional groups attached to an aromatic ring is 1. The van der Waals surface area contributed by atoms with E-state index >= 15 is 0 Å². The summed E-state index contributed by atoms with van der Waals surface area (Å²) in [6, 6.07) is 6.24. The molecule has 1 nitrogen and oxygen atoms in total. The van der Waals surface area contributed by atoms with Gasteiger partial charge in [-0.2, -0.15) is 0 Å². The average molecular weight is 191 g/mol. The third-order valence-electron chi connectivity index (χ3n) is 2.30. The predicted molar refractivity (Wildman–Crippen MR) is 60.3 cm³/mol. The molecule has 0 saturated heterocycles. The van der Waals surface area contributed by atoms with Crippen LogP contribution in [0, 0.1) is 0 Å². The van der Waals surface area contributed by atoms with Crippen LogP contribution in [0.5, 0.6) is 0 Å². The van der Waals surface area contributed by atoms with E-state index in [9.17, 15) is 0 Å². The van der Waals surface area contributed by atoms with E-state index in [1.54, 1.807) is 11.3 Å². The van der Waals surface area contributed by atoms with Gasteiger partial charge in [-0.05, 0) is 29.0 Å². The van der Waals surface area contributed by atoms with Gasteiger partial charge in [-0.25, -0.2) is 0 Å². The molecule has 0 bridgehead atoms. The maximum atomic E-state index is 5.88. The quantitative estimate of drug-likeness (QED) is 0.685. The maximum Gasteiger partial charge on any atom is 0.0402 e. The number of hydrogen-bond donors (Lipinski definition) is 1. The third-order valence-corrected chi connectivity index (χ3v) is 3.27. The molecule has 2 heteroatoms. The molecule has 0 amide bonds. The molecule has 1 aromatic carbocycles. The summed E-state index contributed by atoms with van der Waals surface area (Å²) in [7, 11) is 0. The van der Waals surface area contributed by atoms with Gasteiger partial charge in [0.2, 0.25) is 0 Å². The minimum atomic E-state index is 0.571. The molecule has 0 radical (unpaired) electrons. The Labute approximate surface area is 82.2 Å². The zero-order chi connectivity index (χ0) is 9.42. The summed E-state index contributed by atoms with van der Waals surface area (Å²) in [4.78, 5) is 0. The van der Waals surface area contributed by atoms with Crippen molar-refractivity contribution in [1.29, 1.82) is 0 Å². The highest BCUT2D eigenvalue weighted by molar-refractivity contribution is 7.17. The summed E-state index contributed by atoms with van der Waals surface area (Å²) in [5.41, 5.74) is 8.17. The number of thiophene rings is 1. The van der Waals surface area contributed by atoms with Crippen LogP contribution < -0.4 is 5.73 Å². The van der Waals surface area contributed by atoms with Gasteiger partial charge in [0.05, 0.1) is 0 Å². The molecule has 0 saturated carbocycles. The molecular formula is C11H13NS. The predicted octanol–water partition coefficient (Wildman–Crippen LogP) is 3.61. The van der Waals surface area contributed by atoms with Crippen LogP contribution in [0.4, 0.5) is 5.69 Å². The second-order valence-electron chi connectivity index (χ2n) is 3.56. The van der Waals surface area contributed by atoms with Crippen molar-refractivity contribution in [1.82, 2.24) is 0 Å². The Bertz CT molecular complexity index is 429. The van der Waals surface area contributed by atoms with Crippen LogP contribution in [0.25, 0.3) is 10.1 Å². The minimum Gasteiger partial charge on any atom is -0.398 e. The fraction of sp³-hybridized carbons (Fsp3) is 0.273. The van der Waals surface area contributed by atoms with Crippen molar-refractivity contribution >= 4 is 27.1 Å². The molecule has 2 N–H and O–H groups in total. The normalized spacial score (nSPS) is 11.3. The molecule has 0 aliphatic carbocycles. The first-order valence-electron chi connectivity index (χ1n) is 4.45. The summed E-state index contributed by atoms with van der Waals surface area (Å²) >= 11 is 1.78. The number of fused-ring (bicyclic) bond motifs is 1. The molecule has 0 spiro atoms. The first kappa shape index (κ1) is 8.57. The molecule has 2 aromatic rings. The van der Waals surface area contributed by atoms with Gasteiger partial charge in [0, 0.05) is 15.8 Å². The number of benzene rings is 1. The zero-order valence-electron chi connectivity index (χ0n) is 7.87. The monoisotopic (exact) mass is 191 g/mol. The molecular weight excluding hydrogens is 178 g/mol. The van der Waals surface area contributed by atoms with Crippen molar-refractivity contribution in [2.45, 2.75) is 19.8 Å². The Kier molecular flexibility index (Phi) is 2.00. The first-order chi connectivity index (χ1) is 6.20. The number of hydrogen-bond acceptors (Lipinski definition) is 2. The third kappa shape index (κ3) is 1.31. The van der Waals surface area contributed by atoms with E-state index in [1.165, 1.54) is 15.6 Å². The molecule has 0 aliphatic rings. The molecule has 0 atom stereocenters. The van der Waals surface area contributed by atoms with Gasteiger partial charge in [-0.1, -0.05) is 19.9 Å². The van der Waals surface area contributed by atoms with Crippen molar-refractivity contribution in [3.05, 3.63) is 29.1 Å². The SMILES string of the molecule is CC(C)c1ccc(N)c2ccsc12. The standard InChI is InChI=1S/C11H13NS/c1-7(2)8-3-4-10(12)9-5-6-13-11(8)9/h3-7H,12H2,1-2H3. The fourth-order valence-corrected chi connectivity index (χ4v) is 2.65. The van der Waals surface area contributed by atoms with Crippen molar-refractivity contribution < 1.29 is 0 Å². The van der Waals surface area contributed by atoms with Crippen LogP contribution in [-0.2, 0) is 0 Å². The van der Waals surface area contributed by atoms with Crippen molar-refractivity contribution in [3.8, 4) is 0 Å². The topological polar surface area (TPSA) is 26.0 Å². The largest absolute Gasteiger partial charge is 0.398 e. The van der Waals surface area contributed by atoms with Gasteiger partial charge < -0.3 is 5.73 Å². The summed E-state index contributed by atoms with van der Waals surface area (Å²) in [5, 5.41) is 3.31. The Balaban J connectivity index is 2.78. The minimum absolute atomic E-state index is 0.571. The van der Waals surface area contributed by atoms with E-state index in [1.807, 2.05) is 6.07 Å². The lowest BCUT2D eigenvalue weighted by Gasteiger charge is -2.07. The van der Waals surface area contributed by atoms with Gasteiger partial charge in [0.25, 0.3) is 0 Å². The summed E-state index contributed by atoms with van der Waals surface area (Å²) < 4.78 is 1.34. The molecule has 1 aromatic heterocycles. The molecule has 0 aliphatic heterocycles. The van der Waals surface area contributed by atoms with E-state index in [0.717, 1.165) is 5.69 Å². The van der Waals surface area contributed by atoms with Crippen LogP contribution in [0.3, 0.4) is 0 Å². The van der Waals surface area contributed by atoms with Crippen molar-refractivity contribution in [2.24, 2.45) is 0 Å². The van der Waals surface area contributed by atoms with Gasteiger partial charge in [0.1, 0.15) is 0 Å². The van der Waals surface area contributed by atoms with Crippen LogP contribution >= 0.6 is 11.3 Å². The zero-order valence-corrected chi connectivity index (χ0v) is 8.69. The van der Waals surface area contributed by atoms with Crippen molar-refractivity contribution in [3.63, 3.8) is 0 Å². The maximum absolute atomic E-state index is 5.88. The second kappa shape index (κ2) is 3.04. The Morgan fingerprint density at radius 1 is 1.23 bits per heavy atom. The van der Waals surface area contributed by atoms with Gasteiger partial charge in [0.15, 0.2) is 0 Å². The van der Waals surface area contributed by atoms with Gasteiger partial charge in [-0.15, -0.1) is 11.3 Å². The number of rotatable bonds is 1. The molecule has 2 rings (SSSR count). The molecule has 13 heavy (non-hydrogen) atoms. The first-order valence-corrected chi connectivity index (χ1v) is 5.33. The molecule has 1 heterocycles. The van der Waals surface area contributed by atoms with Gasteiger partial charge >= 0.3 is 0 Å². The summed E-state index contributed by atoms with van der Waals surface area (Å²) in [6.07, 6.45) is 0. The van der Waals surface area contributed by atoms with Crippen molar-refractivity contribution in [2.75, 3.05) is 5.73 Å². The summed E-state index contributed by atoms with van der Waals surface area (Å²) in [6.45, 7) is 4.43. The van der Waals surface area contributed by atoms with Gasteiger partial charge in [-0.3, -0.25) is 0 Å². The van der Waals surface area contributed by atoms with E-state index in [2.05, 4.69) is 31.4 Å². The van der Waals surface area contributed by atoms with Crippen LogP contribution in [0.2, 0.25) is 0 Å². The molecule has 0 fully saturated rings. The lowest BCUT2D eigenvalue weighted by Crippen LogP contribution is -1.90. The molecule has 68 valence electrons. The van der Waals surface area contributed by atoms with E-state index in [-0.39, 0.29) is 0 Å². The van der Waals surface area contributed by atoms with Crippen LogP contribution in [0.15, 0.2) is 23.6 Å². The van der Waals surface area contributed by atoms with E-state index in [0.29, 0.717) is 5.92 Å². The van der Waals surface area contributed by atoms with E-state index in [4.69, 9.17) is 5.73 Å². The second-order valence-corrected chi connectivity index (χ2v) is 4.48. The highest BCUT2D eigenvalue weighted by atomic mass is 32.1. The Hall–Kier alpha value is -1.02. The highest BCUT2D eigenvalue weighted by Gasteiger charge is 2.07. The van der Waals surface area contributed by atoms with Crippen LogP contribution in [0.1, 0.15) is 25.3 Å². The smallest absolute Gasteiger partial charge is 0.0402 e. The summed E-state index contributed by atoms with van der Waals surface area (Å²) in [5.74, 6) is 0.571. The lowest BCUT2D eigenvalue weighted by molar-refractivity contribution is 0.878. The Morgan fingerprint density at radius 3 is 2.69 bits per heavy atom. The number of nitrogens with two attached hydrogens (primary N) is 1. The lowest BCUT2D eigenvalue weighted by atomic mass is 10.0. The fourth-order valence-electron chi connectivity index (χ4n) is 1.56. The molecule has 0 unspecified atom stereocenters. The highest BCUT2D eigenvalue weighted by Crippen LogP contribution is 2.33.